The Balaban J connectivity index is 2.49. The summed E-state index contributed by atoms with van der Waals surface area (Å²) in [5, 5.41) is 0. The van der Waals surface area contributed by atoms with Gasteiger partial charge in [-0.05, 0) is 24.7 Å². The lowest BCUT2D eigenvalue weighted by atomic mass is 10.1. The predicted octanol–water partition coefficient (Wildman–Crippen LogP) is 1.08. The summed E-state index contributed by atoms with van der Waals surface area (Å²) in [5.74, 6) is 0.972. The van der Waals surface area contributed by atoms with Crippen molar-refractivity contribution in [2.75, 3.05) is 12.3 Å². The van der Waals surface area contributed by atoms with Gasteiger partial charge in [-0.1, -0.05) is 26.7 Å². The van der Waals surface area contributed by atoms with Crippen LogP contribution in [0.2, 0.25) is 0 Å². The molecule has 0 heterocycles. The molecule has 1 aliphatic rings. The van der Waals surface area contributed by atoms with Gasteiger partial charge in [-0.25, -0.2) is 13.1 Å². The lowest BCUT2D eigenvalue weighted by Gasteiger charge is -2.19. The van der Waals surface area contributed by atoms with E-state index in [9.17, 15) is 8.42 Å². The van der Waals surface area contributed by atoms with Crippen molar-refractivity contribution in [1.82, 2.24) is 4.72 Å². The molecular weight excluding hydrogens is 224 g/mol. The Bertz CT molecular complexity index is 295. The van der Waals surface area contributed by atoms with Gasteiger partial charge >= 0.3 is 0 Å². The highest BCUT2D eigenvalue weighted by Gasteiger charge is 2.33. The monoisotopic (exact) mass is 248 g/mol. The van der Waals surface area contributed by atoms with Gasteiger partial charge in [-0.15, -0.1) is 0 Å². The van der Waals surface area contributed by atoms with Gasteiger partial charge in [0.2, 0.25) is 10.0 Å². The van der Waals surface area contributed by atoms with Gasteiger partial charge in [0, 0.05) is 12.6 Å². The van der Waals surface area contributed by atoms with Crippen LogP contribution in [0.4, 0.5) is 0 Å². The topological polar surface area (TPSA) is 72.2 Å². The Labute approximate surface area is 99.0 Å². The number of hydrogen-bond donors (Lipinski definition) is 2. The van der Waals surface area contributed by atoms with Crippen molar-refractivity contribution in [3.63, 3.8) is 0 Å². The minimum Gasteiger partial charge on any atom is -0.329 e. The summed E-state index contributed by atoms with van der Waals surface area (Å²) in [7, 11) is -3.15. The second kappa shape index (κ2) is 5.98. The maximum absolute atomic E-state index is 11.9. The highest BCUT2D eigenvalue weighted by molar-refractivity contribution is 7.89. The number of nitrogens with one attached hydrogen (secondary N) is 1. The molecule has 1 rings (SSSR count). The molecule has 16 heavy (non-hydrogen) atoms. The number of rotatable bonds is 8. The third-order valence-corrected chi connectivity index (χ3v) is 4.96. The lowest BCUT2D eigenvalue weighted by molar-refractivity contribution is 0.492. The minimum atomic E-state index is -3.15. The van der Waals surface area contributed by atoms with Crippen LogP contribution in [0, 0.1) is 11.8 Å². The molecule has 1 unspecified atom stereocenters. The molecule has 0 saturated heterocycles. The summed E-state index contributed by atoms with van der Waals surface area (Å²) in [4.78, 5) is 0. The van der Waals surface area contributed by atoms with Crippen LogP contribution in [0.3, 0.4) is 0 Å². The molecule has 0 aromatic carbocycles. The minimum absolute atomic E-state index is 0.0423. The van der Waals surface area contributed by atoms with Gasteiger partial charge in [0.15, 0.2) is 0 Å². The molecule has 0 radical (unpaired) electrons. The first-order chi connectivity index (χ1) is 7.52. The summed E-state index contributed by atoms with van der Waals surface area (Å²) >= 11 is 0. The van der Waals surface area contributed by atoms with Crippen molar-refractivity contribution in [3.8, 4) is 0 Å². The second-order valence-electron chi connectivity index (χ2n) is 4.76. The number of sulfonamides is 1. The molecule has 1 fully saturated rings. The van der Waals surface area contributed by atoms with E-state index in [2.05, 4.69) is 4.72 Å². The molecule has 3 N–H and O–H groups in total. The summed E-state index contributed by atoms with van der Waals surface area (Å²) in [5.41, 5.74) is 5.59. The van der Waals surface area contributed by atoms with Gasteiger partial charge in [0.05, 0.1) is 5.75 Å². The predicted molar refractivity (Wildman–Crippen MR) is 66.6 cm³/mol. The molecule has 0 spiro atoms. The van der Waals surface area contributed by atoms with Crippen molar-refractivity contribution in [3.05, 3.63) is 0 Å². The Hall–Kier alpha value is -0.130. The van der Waals surface area contributed by atoms with Crippen LogP contribution in [-0.2, 0) is 10.0 Å². The zero-order chi connectivity index (χ0) is 12.2. The van der Waals surface area contributed by atoms with E-state index in [0.717, 1.165) is 25.7 Å². The van der Waals surface area contributed by atoms with Crippen molar-refractivity contribution in [2.24, 2.45) is 17.6 Å². The first-order valence-corrected chi connectivity index (χ1v) is 7.87. The Kier molecular flexibility index (Phi) is 5.21. The fraction of sp³-hybridized carbons (Fsp3) is 1.00. The SMILES string of the molecule is CCC(CC)CS(=O)(=O)NC(CN)C1CC1. The normalized spacial score (nSPS) is 19.0. The third-order valence-electron chi connectivity index (χ3n) is 3.39. The van der Waals surface area contributed by atoms with E-state index in [0.29, 0.717) is 12.5 Å². The first kappa shape index (κ1) is 13.9. The van der Waals surface area contributed by atoms with E-state index < -0.39 is 10.0 Å². The molecule has 96 valence electrons. The average molecular weight is 248 g/mol. The van der Waals surface area contributed by atoms with E-state index in [1.54, 1.807) is 0 Å². The smallest absolute Gasteiger partial charge is 0.212 e. The van der Waals surface area contributed by atoms with E-state index >= 15 is 0 Å². The van der Waals surface area contributed by atoms with Crippen LogP contribution in [0.15, 0.2) is 0 Å². The van der Waals surface area contributed by atoms with Crippen LogP contribution in [0.5, 0.6) is 0 Å². The fourth-order valence-corrected chi connectivity index (χ4v) is 3.89. The molecule has 4 nitrogen and oxygen atoms in total. The lowest BCUT2D eigenvalue weighted by Crippen LogP contribution is -2.43. The first-order valence-electron chi connectivity index (χ1n) is 6.22. The molecule has 0 bridgehead atoms. The second-order valence-corrected chi connectivity index (χ2v) is 6.56. The highest BCUT2D eigenvalue weighted by Crippen LogP contribution is 2.32. The van der Waals surface area contributed by atoms with Crippen molar-refractivity contribution >= 4 is 10.0 Å². The van der Waals surface area contributed by atoms with E-state index in [4.69, 9.17) is 5.73 Å². The van der Waals surface area contributed by atoms with Gasteiger partial charge in [-0.3, -0.25) is 0 Å². The van der Waals surface area contributed by atoms with Crippen LogP contribution in [0.1, 0.15) is 39.5 Å². The maximum Gasteiger partial charge on any atom is 0.212 e. The third kappa shape index (κ3) is 4.39. The average Bonchev–Trinajstić information content (AvgIpc) is 3.06. The molecule has 0 aliphatic heterocycles. The summed E-state index contributed by atoms with van der Waals surface area (Å²) < 4.78 is 26.5. The Morgan fingerprint density at radius 1 is 1.31 bits per heavy atom. The van der Waals surface area contributed by atoms with Crippen molar-refractivity contribution in [2.45, 2.75) is 45.6 Å². The molecule has 0 aromatic heterocycles. The molecular formula is C11H24N2O2S. The largest absolute Gasteiger partial charge is 0.329 e. The van der Waals surface area contributed by atoms with E-state index in [-0.39, 0.29) is 17.7 Å². The van der Waals surface area contributed by atoms with Crippen LogP contribution >= 0.6 is 0 Å². The van der Waals surface area contributed by atoms with Gasteiger partial charge in [-0.2, -0.15) is 0 Å². The standard InChI is InChI=1S/C11H24N2O2S/c1-3-9(4-2)8-16(14,15)13-11(7-12)10-5-6-10/h9-11,13H,3-8,12H2,1-2H3. The Morgan fingerprint density at radius 2 is 1.88 bits per heavy atom. The summed E-state index contributed by atoms with van der Waals surface area (Å²) in [6.07, 6.45) is 4.03. The van der Waals surface area contributed by atoms with Crippen molar-refractivity contribution in [1.29, 1.82) is 0 Å². The van der Waals surface area contributed by atoms with Gasteiger partial charge < -0.3 is 5.73 Å². The molecule has 5 heteroatoms. The highest BCUT2D eigenvalue weighted by atomic mass is 32.2. The Morgan fingerprint density at radius 3 is 2.25 bits per heavy atom. The summed E-state index contributed by atoms with van der Waals surface area (Å²) in [6, 6.07) is -0.0423. The zero-order valence-electron chi connectivity index (χ0n) is 10.3. The van der Waals surface area contributed by atoms with Crippen LogP contribution in [-0.4, -0.2) is 26.8 Å². The number of hydrogen-bond acceptors (Lipinski definition) is 3. The number of nitrogens with two attached hydrogens (primary N) is 1. The quantitative estimate of drug-likeness (QED) is 0.675. The van der Waals surface area contributed by atoms with Crippen LogP contribution < -0.4 is 10.5 Å². The maximum atomic E-state index is 11.9. The molecule has 1 atom stereocenters. The fourth-order valence-electron chi connectivity index (χ4n) is 1.95. The van der Waals surface area contributed by atoms with Crippen molar-refractivity contribution < 1.29 is 8.42 Å². The molecule has 0 amide bonds. The molecule has 0 aromatic rings. The van der Waals surface area contributed by atoms with Gasteiger partial charge in [0.25, 0.3) is 0 Å². The van der Waals surface area contributed by atoms with Crippen LogP contribution in [0.25, 0.3) is 0 Å². The van der Waals surface area contributed by atoms with Gasteiger partial charge in [0.1, 0.15) is 0 Å². The van der Waals surface area contributed by atoms with E-state index in [1.165, 1.54) is 0 Å². The molecule has 1 saturated carbocycles. The summed E-state index contributed by atoms with van der Waals surface area (Å²) in [6.45, 7) is 4.47. The molecule has 1 aliphatic carbocycles. The van der Waals surface area contributed by atoms with E-state index in [1.807, 2.05) is 13.8 Å². The zero-order valence-corrected chi connectivity index (χ0v) is 11.1.